The maximum atomic E-state index is 13.2. The number of aromatic carboxylic acids is 1. The molecule has 3 N–H and O–H groups in total. The van der Waals surface area contributed by atoms with Gasteiger partial charge in [-0.25, -0.2) is 4.79 Å². The van der Waals surface area contributed by atoms with Crippen LogP contribution < -0.4 is 10.6 Å². The highest BCUT2D eigenvalue weighted by atomic mass is 35.5. The van der Waals surface area contributed by atoms with Crippen molar-refractivity contribution in [3.63, 3.8) is 0 Å². The molecule has 15 heteroatoms. The van der Waals surface area contributed by atoms with E-state index < -0.39 is 23.8 Å². The van der Waals surface area contributed by atoms with Gasteiger partial charge in [0.25, 0.3) is 0 Å². The summed E-state index contributed by atoms with van der Waals surface area (Å²) in [4.78, 5) is 65.2. The summed E-state index contributed by atoms with van der Waals surface area (Å²) in [6.07, 6.45) is 3.70. The Morgan fingerprint density at radius 2 is 1.71 bits per heavy atom. The molecule has 218 valence electrons. The summed E-state index contributed by atoms with van der Waals surface area (Å²) in [5.41, 5.74) is 1.38. The number of carboxylic acids is 1. The maximum Gasteiger partial charge on any atom is 0.335 e. The van der Waals surface area contributed by atoms with Crippen LogP contribution in [0.15, 0.2) is 54.9 Å². The molecule has 0 spiro atoms. The first kappa shape index (κ1) is 29.9. The van der Waals surface area contributed by atoms with Crippen molar-refractivity contribution in [1.29, 1.82) is 0 Å². The van der Waals surface area contributed by atoms with Crippen LogP contribution in [0.4, 0.5) is 5.69 Å². The highest BCUT2D eigenvalue weighted by Crippen LogP contribution is 2.20. The Kier molecular flexibility index (Phi) is 9.60. The molecule has 42 heavy (non-hydrogen) atoms. The van der Waals surface area contributed by atoms with Gasteiger partial charge in [0, 0.05) is 55.5 Å². The number of carboxylic acid groups (broad SMARTS) is 1. The van der Waals surface area contributed by atoms with Crippen LogP contribution in [0, 0.1) is 0 Å². The third kappa shape index (κ3) is 7.75. The lowest BCUT2D eigenvalue weighted by atomic mass is 10.1. The van der Waals surface area contributed by atoms with Crippen molar-refractivity contribution in [3.05, 3.63) is 71.0 Å². The second-order valence-electron chi connectivity index (χ2n) is 9.31. The van der Waals surface area contributed by atoms with E-state index in [0.717, 1.165) is 0 Å². The Hall–Kier alpha value is -5.11. The number of nitrogens with zero attached hydrogens (tertiary/aromatic N) is 6. The number of carbonyl (C=O) groups is 5. The summed E-state index contributed by atoms with van der Waals surface area (Å²) in [5, 5.41) is 25.8. The molecule has 4 amide bonds. The number of hydrogen-bond acceptors (Lipinski definition) is 8. The van der Waals surface area contributed by atoms with Crippen molar-refractivity contribution in [2.75, 3.05) is 31.5 Å². The van der Waals surface area contributed by atoms with Gasteiger partial charge >= 0.3 is 5.97 Å². The number of amides is 4. The van der Waals surface area contributed by atoms with Crippen LogP contribution in [0.1, 0.15) is 29.3 Å². The van der Waals surface area contributed by atoms with Crippen LogP contribution in [0.3, 0.4) is 0 Å². The Morgan fingerprint density at radius 3 is 2.33 bits per heavy atom. The van der Waals surface area contributed by atoms with Crippen molar-refractivity contribution in [2.45, 2.75) is 19.4 Å². The summed E-state index contributed by atoms with van der Waals surface area (Å²) in [6, 6.07) is 9.11. The van der Waals surface area contributed by atoms with Crippen LogP contribution >= 0.6 is 11.6 Å². The normalized spacial score (nSPS) is 14.0. The van der Waals surface area contributed by atoms with Crippen molar-refractivity contribution in [2.24, 2.45) is 0 Å². The molecule has 0 saturated carbocycles. The molecular formula is C27H27ClN8O6. The summed E-state index contributed by atoms with van der Waals surface area (Å²) in [7, 11) is 0. The molecule has 1 aliphatic rings. The molecule has 0 radical (unpaired) electrons. The van der Waals surface area contributed by atoms with E-state index in [9.17, 15) is 24.0 Å². The Balaban J connectivity index is 1.50. The molecule has 1 atom stereocenters. The molecule has 2 heterocycles. The van der Waals surface area contributed by atoms with Gasteiger partial charge in [-0.3, -0.25) is 19.2 Å². The maximum absolute atomic E-state index is 13.2. The van der Waals surface area contributed by atoms with Gasteiger partial charge in [0.15, 0.2) is 0 Å². The van der Waals surface area contributed by atoms with Crippen LogP contribution in [0.2, 0.25) is 5.02 Å². The lowest BCUT2D eigenvalue weighted by molar-refractivity contribution is -0.139. The van der Waals surface area contributed by atoms with Crippen molar-refractivity contribution in [3.8, 4) is 5.69 Å². The number of nitrogens with one attached hydrogen (secondary N) is 2. The second-order valence-corrected chi connectivity index (χ2v) is 9.75. The van der Waals surface area contributed by atoms with E-state index in [1.165, 1.54) is 59.3 Å². The predicted octanol–water partition coefficient (Wildman–Crippen LogP) is 1.23. The molecule has 0 unspecified atom stereocenters. The number of halogens is 1. The number of carbonyl (C=O) groups excluding carboxylic acids is 4. The number of aromatic nitrogens is 4. The zero-order valence-corrected chi connectivity index (χ0v) is 23.2. The van der Waals surface area contributed by atoms with Gasteiger partial charge in [-0.2, -0.15) is 4.68 Å². The Bertz CT molecular complexity index is 1500. The fourth-order valence-corrected chi connectivity index (χ4v) is 4.41. The Morgan fingerprint density at radius 1 is 1.02 bits per heavy atom. The molecular weight excluding hydrogens is 568 g/mol. The molecule has 4 rings (SSSR count). The van der Waals surface area contributed by atoms with Crippen LogP contribution in [-0.2, 0) is 19.2 Å². The molecule has 14 nitrogen and oxygen atoms in total. The van der Waals surface area contributed by atoms with E-state index >= 15 is 0 Å². The summed E-state index contributed by atoms with van der Waals surface area (Å²) < 4.78 is 1.39. The van der Waals surface area contributed by atoms with E-state index in [-0.39, 0.29) is 29.5 Å². The summed E-state index contributed by atoms with van der Waals surface area (Å²) >= 11 is 6.14. The van der Waals surface area contributed by atoms with Gasteiger partial charge in [0.2, 0.25) is 23.6 Å². The number of benzene rings is 2. The van der Waals surface area contributed by atoms with Gasteiger partial charge in [-0.15, -0.1) is 5.10 Å². The average molecular weight is 595 g/mol. The third-order valence-electron chi connectivity index (χ3n) is 6.49. The lowest BCUT2D eigenvalue weighted by Gasteiger charge is -2.34. The van der Waals surface area contributed by atoms with E-state index in [1.807, 2.05) is 0 Å². The van der Waals surface area contributed by atoms with E-state index in [1.54, 1.807) is 23.1 Å². The predicted molar refractivity (Wildman–Crippen MR) is 151 cm³/mol. The first-order valence-electron chi connectivity index (χ1n) is 12.8. The van der Waals surface area contributed by atoms with Crippen LogP contribution in [0.25, 0.3) is 11.8 Å². The van der Waals surface area contributed by atoms with Gasteiger partial charge < -0.3 is 25.5 Å². The quantitative estimate of drug-likeness (QED) is 0.307. The van der Waals surface area contributed by atoms with E-state index in [2.05, 4.69) is 26.2 Å². The van der Waals surface area contributed by atoms with E-state index in [4.69, 9.17) is 16.7 Å². The van der Waals surface area contributed by atoms with Gasteiger partial charge in [0.1, 0.15) is 12.4 Å². The topological polar surface area (TPSA) is 180 Å². The zero-order valence-electron chi connectivity index (χ0n) is 22.4. The molecule has 0 aliphatic carbocycles. The fourth-order valence-electron chi connectivity index (χ4n) is 4.23. The highest BCUT2D eigenvalue weighted by molar-refractivity contribution is 6.30. The lowest BCUT2D eigenvalue weighted by Crippen LogP contribution is -2.52. The van der Waals surface area contributed by atoms with Gasteiger partial charge in [-0.05, 0) is 59.0 Å². The molecule has 2 aromatic carbocycles. The first-order valence-corrected chi connectivity index (χ1v) is 13.2. The van der Waals surface area contributed by atoms with Gasteiger partial charge in [-0.1, -0.05) is 11.6 Å². The number of rotatable bonds is 9. The largest absolute Gasteiger partial charge is 0.478 e. The number of hydrogen-bond donors (Lipinski definition) is 3. The first-order chi connectivity index (χ1) is 20.1. The minimum Gasteiger partial charge on any atom is -0.478 e. The minimum absolute atomic E-state index is 0.0323. The smallest absolute Gasteiger partial charge is 0.335 e. The molecule has 1 aliphatic heterocycles. The van der Waals surface area contributed by atoms with E-state index in [0.29, 0.717) is 42.5 Å². The van der Waals surface area contributed by atoms with Crippen molar-refractivity contribution in [1.82, 2.24) is 35.3 Å². The highest BCUT2D eigenvalue weighted by Gasteiger charge is 2.28. The number of anilines is 1. The second kappa shape index (κ2) is 13.5. The molecule has 1 fully saturated rings. The molecule has 0 bridgehead atoms. The standard InChI is InChI=1S/C27H27ClN8O6/c1-17(37)34-10-12-35(13-11-34)25(39)15-22(26(40)30-21-6-2-18(3-7-21)27(41)42)31-24(38)9-4-19-14-20(28)5-8-23(19)36-16-29-32-33-36/h2-9,14,16,22H,10-13,15H2,1H3,(H,30,40)(H,31,38)(H,41,42)/b9-4+/t22-/m0/s1. The summed E-state index contributed by atoms with van der Waals surface area (Å²) in [6.45, 7) is 2.79. The number of tetrazole rings is 1. The average Bonchev–Trinajstić information content (AvgIpc) is 3.51. The third-order valence-corrected chi connectivity index (χ3v) is 6.72. The SMILES string of the molecule is CC(=O)N1CCN(C(=O)C[C@H](NC(=O)/C=C/c2cc(Cl)ccc2-n2cnnn2)C(=O)Nc2ccc(C(=O)O)cc2)CC1. The molecule has 1 aromatic heterocycles. The van der Waals surface area contributed by atoms with Crippen molar-refractivity contribution >= 4 is 53.0 Å². The zero-order chi connectivity index (χ0) is 30.2. The van der Waals surface area contributed by atoms with Crippen LogP contribution in [0.5, 0.6) is 0 Å². The Labute approximate surface area is 244 Å². The van der Waals surface area contributed by atoms with Crippen LogP contribution in [-0.4, -0.2) is 96.9 Å². The molecule has 1 saturated heterocycles. The summed E-state index contributed by atoms with van der Waals surface area (Å²) in [5.74, 6) is -2.92. The number of piperazine rings is 1. The monoisotopic (exact) mass is 594 g/mol. The fraction of sp³-hybridized carbons (Fsp3) is 0.259. The molecule has 3 aromatic rings. The minimum atomic E-state index is -1.27. The van der Waals surface area contributed by atoms with Crippen molar-refractivity contribution < 1.29 is 29.1 Å². The van der Waals surface area contributed by atoms with Gasteiger partial charge in [0.05, 0.1) is 17.7 Å².